The number of fused-ring (bicyclic) bond motifs is 1. The van der Waals surface area contributed by atoms with E-state index in [4.69, 9.17) is 9.78 Å². The first-order chi connectivity index (χ1) is 6.72. The maximum Gasteiger partial charge on any atom is 0.273 e. The molecule has 6 nitrogen and oxygen atoms in total. The van der Waals surface area contributed by atoms with E-state index in [0.29, 0.717) is 5.39 Å². The standard InChI is InChI=1S/C8H3N3O3/c9-4-7-6-2-1-5(11(12)13)3-8(6)14-10-7/h1-3H. The Kier molecular flexibility index (Phi) is 1.65. The monoisotopic (exact) mass is 189 g/mol. The molecule has 1 aromatic carbocycles. The van der Waals surface area contributed by atoms with Gasteiger partial charge in [-0.25, -0.2) is 0 Å². The third kappa shape index (κ3) is 1.08. The second-order valence-corrected chi connectivity index (χ2v) is 2.58. The lowest BCUT2D eigenvalue weighted by Crippen LogP contribution is -1.86. The Morgan fingerprint density at radius 3 is 3.00 bits per heavy atom. The number of benzene rings is 1. The van der Waals surface area contributed by atoms with Gasteiger partial charge in [0.25, 0.3) is 5.69 Å². The van der Waals surface area contributed by atoms with Gasteiger partial charge >= 0.3 is 0 Å². The Balaban J connectivity index is 2.70. The Bertz CT molecular complexity index is 552. The van der Waals surface area contributed by atoms with E-state index in [1.165, 1.54) is 18.2 Å². The average Bonchev–Trinajstić information content (AvgIpc) is 2.59. The van der Waals surface area contributed by atoms with Crippen LogP contribution in [0.4, 0.5) is 5.69 Å². The van der Waals surface area contributed by atoms with E-state index < -0.39 is 4.92 Å². The van der Waals surface area contributed by atoms with Crippen LogP contribution in [0.2, 0.25) is 0 Å². The highest BCUT2D eigenvalue weighted by atomic mass is 16.6. The number of rotatable bonds is 1. The third-order valence-electron chi connectivity index (χ3n) is 1.77. The zero-order chi connectivity index (χ0) is 10.1. The maximum absolute atomic E-state index is 10.4. The molecule has 0 bridgehead atoms. The van der Waals surface area contributed by atoms with Crippen molar-refractivity contribution < 1.29 is 9.45 Å². The lowest BCUT2D eigenvalue weighted by atomic mass is 10.2. The number of nitriles is 1. The van der Waals surface area contributed by atoms with Gasteiger partial charge in [0.05, 0.1) is 16.4 Å². The molecule has 0 atom stereocenters. The Labute approximate surface area is 77.5 Å². The molecule has 0 aliphatic rings. The summed E-state index contributed by atoms with van der Waals surface area (Å²) in [5.41, 5.74) is 0.295. The van der Waals surface area contributed by atoms with Gasteiger partial charge in [-0.2, -0.15) is 5.26 Å². The van der Waals surface area contributed by atoms with Gasteiger partial charge < -0.3 is 4.52 Å². The smallest absolute Gasteiger partial charge is 0.273 e. The van der Waals surface area contributed by atoms with Gasteiger partial charge in [-0.3, -0.25) is 10.1 Å². The molecule has 0 radical (unpaired) electrons. The summed E-state index contributed by atoms with van der Waals surface area (Å²) in [5.74, 6) is 0. The molecule has 0 amide bonds. The van der Waals surface area contributed by atoms with Crippen molar-refractivity contribution in [2.24, 2.45) is 0 Å². The fourth-order valence-corrected chi connectivity index (χ4v) is 1.12. The number of nitro groups is 1. The molecule has 0 N–H and O–H groups in total. The molecular weight excluding hydrogens is 186 g/mol. The predicted octanol–water partition coefficient (Wildman–Crippen LogP) is 1.61. The van der Waals surface area contributed by atoms with Crippen LogP contribution in [0.1, 0.15) is 5.69 Å². The second kappa shape index (κ2) is 2.81. The van der Waals surface area contributed by atoms with Gasteiger partial charge in [0.15, 0.2) is 11.3 Å². The normalized spacial score (nSPS) is 9.93. The molecule has 0 aliphatic carbocycles. The maximum atomic E-state index is 10.4. The van der Waals surface area contributed by atoms with E-state index in [9.17, 15) is 10.1 Å². The Morgan fingerprint density at radius 1 is 1.57 bits per heavy atom. The van der Waals surface area contributed by atoms with Crippen LogP contribution < -0.4 is 0 Å². The van der Waals surface area contributed by atoms with Crippen molar-refractivity contribution in [2.45, 2.75) is 0 Å². The average molecular weight is 189 g/mol. The molecule has 0 saturated heterocycles. The molecule has 2 aromatic rings. The van der Waals surface area contributed by atoms with Crippen LogP contribution in [0, 0.1) is 21.4 Å². The number of aromatic nitrogens is 1. The summed E-state index contributed by atoms with van der Waals surface area (Å²) >= 11 is 0. The number of nitro benzene ring substituents is 1. The topological polar surface area (TPSA) is 93.0 Å². The van der Waals surface area contributed by atoms with Gasteiger partial charge in [-0.15, -0.1) is 0 Å². The van der Waals surface area contributed by atoms with Crippen LogP contribution in [0.25, 0.3) is 11.0 Å². The van der Waals surface area contributed by atoms with Gasteiger partial charge in [0, 0.05) is 6.07 Å². The molecule has 68 valence electrons. The summed E-state index contributed by atoms with van der Waals surface area (Å²) in [4.78, 5) is 9.87. The number of hydrogen-bond acceptors (Lipinski definition) is 5. The first-order valence-electron chi connectivity index (χ1n) is 3.66. The number of hydrogen-bond donors (Lipinski definition) is 0. The van der Waals surface area contributed by atoms with Crippen LogP contribution in [-0.4, -0.2) is 10.1 Å². The lowest BCUT2D eigenvalue weighted by molar-refractivity contribution is -0.384. The van der Waals surface area contributed by atoms with Crippen molar-refractivity contribution in [3.63, 3.8) is 0 Å². The van der Waals surface area contributed by atoms with E-state index in [1.807, 2.05) is 6.07 Å². The molecule has 6 heteroatoms. The summed E-state index contributed by atoms with van der Waals surface area (Å²) in [6.07, 6.45) is 0. The minimum Gasteiger partial charge on any atom is -0.355 e. The molecule has 0 spiro atoms. The molecule has 0 fully saturated rings. The van der Waals surface area contributed by atoms with E-state index >= 15 is 0 Å². The van der Waals surface area contributed by atoms with Gasteiger partial charge in [0.1, 0.15) is 6.07 Å². The van der Waals surface area contributed by atoms with Gasteiger partial charge in [-0.1, -0.05) is 5.16 Å². The van der Waals surface area contributed by atoms with Crippen LogP contribution in [0.3, 0.4) is 0 Å². The SMILES string of the molecule is N#Cc1noc2cc([N+](=O)[O-])ccc12. The highest BCUT2D eigenvalue weighted by Crippen LogP contribution is 2.22. The summed E-state index contributed by atoms with van der Waals surface area (Å²) in [7, 11) is 0. The van der Waals surface area contributed by atoms with Crippen molar-refractivity contribution in [3.05, 3.63) is 34.0 Å². The zero-order valence-corrected chi connectivity index (χ0v) is 6.80. The fraction of sp³-hybridized carbons (Fsp3) is 0. The molecule has 1 heterocycles. The highest BCUT2D eigenvalue weighted by molar-refractivity contribution is 5.83. The quantitative estimate of drug-likeness (QED) is 0.501. The molecule has 2 rings (SSSR count). The fourth-order valence-electron chi connectivity index (χ4n) is 1.12. The van der Waals surface area contributed by atoms with Crippen molar-refractivity contribution >= 4 is 16.7 Å². The van der Waals surface area contributed by atoms with Crippen molar-refractivity contribution in [1.29, 1.82) is 5.26 Å². The lowest BCUT2D eigenvalue weighted by Gasteiger charge is -1.88. The molecule has 0 saturated carbocycles. The molecule has 0 aliphatic heterocycles. The Hall–Kier alpha value is -2.42. The summed E-state index contributed by atoms with van der Waals surface area (Å²) in [6, 6.07) is 5.82. The van der Waals surface area contributed by atoms with Gasteiger partial charge in [-0.05, 0) is 6.07 Å². The van der Waals surface area contributed by atoms with E-state index in [2.05, 4.69) is 5.16 Å². The molecule has 0 unspecified atom stereocenters. The Morgan fingerprint density at radius 2 is 2.36 bits per heavy atom. The first kappa shape index (κ1) is 8.19. The van der Waals surface area contributed by atoms with E-state index in [-0.39, 0.29) is 17.0 Å². The molecule has 1 aromatic heterocycles. The van der Waals surface area contributed by atoms with Crippen LogP contribution in [0.5, 0.6) is 0 Å². The second-order valence-electron chi connectivity index (χ2n) is 2.58. The van der Waals surface area contributed by atoms with Crippen LogP contribution in [0.15, 0.2) is 22.7 Å². The summed E-state index contributed by atoms with van der Waals surface area (Å²) in [5, 5.41) is 22.9. The highest BCUT2D eigenvalue weighted by Gasteiger charge is 2.12. The minimum atomic E-state index is -0.534. The van der Waals surface area contributed by atoms with Gasteiger partial charge in [0.2, 0.25) is 0 Å². The summed E-state index contributed by atoms with van der Waals surface area (Å²) in [6.45, 7) is 0. The van der Waals surface area contributed by atoms with Crippen molar-refractivity contribution in [2.75, 3.05) is 0 Å². The summed E-state index contributed by atoms with van der Waals surface area (Å²) < 4.78 is 4.75. The largest absolute Gasteiger partial charge is 0.355 e. The van der Waals surface area contributed by atoms with Crippen molar-refractivity contribution in [3.8, 4) is 6.07 Å². The predicted molar refractivity (Wildman–Crippen MR) is 45.4 cm³/mol. The molecule has 14 heavy (non-hydrogen) atoms. The zero-order valence-electron chi connectivity index (χ0n) is 6.80. The van der Waals surface area contributed by atoms with E-state index in [1.54, 1.807) is 0 Å². The first-order valence-corrected chi connectivity index (χ1v) is 3.66. The van der Waals surface area contributed by atoms with Crippen LogP contribution in [-0.2, 0) is 0 Å². The number of non-ortho nitro benzene ring substituents is 1. The van der Waals surface area contributed by atoms with E-state index in [0.717, 1.165) is 0 Å². The minimum absolute atomic E-state index is 0.0851. The molecular formula is C8H3N3O3. The van der Waals surface area contributed by atoms with Crippen molar-refractivity contribution in [1.82, 2.24) is 5.16 Å². The third-order valence-corrected chi connectivity index (χ3v) is 1.77. The van der Waals surface area contributed by atoms with Crippen LogP contribution >= 0.6 is 0 Å². The number of nitrogens with zero attached hydrogens (tertiary/aromatic N) is 3.